The molecule has 0 bridgehead atoms. The van der Waals surface area contributed by atoms with E-state index in [1.54, 1.807) is 0 Å². The molecule has 2 N–H and O–H groups in total. The van der Waals surface area contributed by atoms with Crippen molar-refractivity contribution >= 4 is 11.9 Å². The number of benzene rings is 2. The predicted molar refractivity (Wildman–Crippen MR) is 92.6 cm³/mol. The van der Waals surface area contributed by atoms with E-state index in [-0.39, 0.29) is 11.3 Å². The normalized spacial score (nSPS) is 11.5. The second-order valence-corrected chi connectivity index (χ2v) is 5.63. The molecule has 0 saturated carbocycles. The number of phenols is 1. The van der Waals surface area contributed by atoms with Crippen molar-refractivity contribution in [2.75, 3.05) is 7.11 Å². The fourth-order valence-corrected chi connectivity index (χ4v) is 2.13. The lowest BCUT2D eigenvalue weighted by atomic mass is 10.1. The Morgan fingerprint density at radius 1 is 1.16 bits per heavy atom. The van der Waals surface area contributed by atoms with Gasteiger partial charge < -0.3 is 19.9 Å². The van der Waals surface area contributed by atoms with Crippen molar-refractivity contribution in [3.05, 3.63) is 59.2 Å². The predicted octanol–water partition coefficient (Wildman–Crippen LogP) is 2.57. The first-order chi connectivity index (χ1) is 11.9. The summed E-state index contributed by atoms with van der Waals surface area (Å²) in [6, 6.07) is 12.0. The highest BCUT2D eigenvalue weighted by Crippen LogP contribution is 2.24. The van der Waals surface area contributed by atoms with Gasteiger partial charge in [-0.2, -0.15) is 0 Å². The molecule has 2 aromatic carbocycles. The van der Waals surface area contributed by atoms with Crippen molar-refractivity contribution in [3.8, 4) is 11.5 Å². The quantitative estimate of drug-likeness (QED) is 0.788. The van der Waals surface area contributed by atoms with Gasteiger partial charge in [0.25, 0.3) is 5.91 Å². The largest absolute Gasteiger partial charge is 0.507 e. The Morgan fingerprint density at radius 3 is 2.44 bits per heavy atom. The fraction of sp³-hybridized carbons (Fsp3) is 0.263. The zero-order valence-electron chi connectivity index (χ0n) is 14.4. The average molecular weight is 343 g/mol. The highest BCUT2D eigenvalue weighted by molar-refractivity contribution is 5.94. The van der Waals surface area contributed by atoms with E-state index in [2.05, 4.69) is 5.32 Å². The van der Waals surface area contributed by atoms with Crippen LogP contribution in [0, 0.1) is 6.92 Å². The third kappa shape index (κ3) is 4.97. The number of aromatic hydroxyl groups is 1. The molecular formula is C19H21NO5. The van der Waals surface area contributed by atoms with Crippen molar-refractivity contribution in [1.82, 2.24) is 5.32 Å². The number of phenolic OH excluding ortho intramolecular Hbond substituents is 1. The number of methoxy groups -OCH3 is 1. The van der Waals surface area contributed by atoms with Gasteiger partial charge in [0.15, 0.2) is 6.10 Å². The minimum Gasteiger partial charge on any atom is -0.507 e. The summed E-state index contributed by atoms with van der Waals surface area (Å²) in [6.07, 6.45) is -0.987. The SMILES string of the molecule is COc1ccc(C(=O)O[C@@H](C)C(=O)NCc2ccc(C)cc2)c(O)c1. The number of amides is 1. The molecule has 0 fully saturated rings. The molecule has 25 heavy (non-hydrogen) atoms. The lowest BCUT2D eigenvalue weighted by molar-refractivity contribution is -0.129. The molecule has 1 atom stereocenters. The average Bonchev–Trinajstić information content (AvgIpc) is 2.60. The number of carbonyl (C=O) groups excluding carboxylic acids is 2. The number of carbonyl (C=O) groups is 2. The number of rotatable bonds is 6. The number of esters is 1. The van der Waals surface area contributed by atoms with E-state index in [0.29, 0.717) is 12.3 Å². The smallest absolute Gasteiger partial charge is 0.342 e. The monoisotopic (exact) mass is 343 g/mol. The standard InChI is InChI=1S/C19H21NO5/c1-12-4-6-14(7-5-12)11-20-18(22)13(2)25-19(23)16-9-8-15(24-3)10-17(16)21/h4-10,13,21H,11H2,1-3H3,(H,20,22)/t13-/m0/s1. The lowest BCUT2D eigenvalue weighted by Crippen LogP contribution is -2.35. The van der Waals surface area contributed by atoms with Crippen molar-refractivity contribution in [2.45, 2.75) is 26.5 Å². The molecule has 0 heterocycles. The van der Waals surface area contributed by atoms with Crippen LogP contribution >= 0.6 is 0 Å². The first kappa shape index (κ1) is 18.3. The molecule has 0 aromatic heterocycles. The van der Waals surface area contributed by atoms with Crippen LogP contribution in [-0.2, 0) is 16.1 Å². The van der Waals surface area contributed by atoms with E-state index in [9.17, 15) is 14.7 Å². The maximum atomic E-state index is 12.1. The zero-order chi connectivity index (χ0) is 18.4. The van der Waals surface area contributed by atoms with Crippen LogP contribution in [-0.4, -0.2) is 30.2 Å². The highest BCUT2D eigenvalue weighted by Gasteiger charge is 2.21. The Bertz CT molecular complexity index is 755. The summed E-state index contributed by atoms with van der Waals surface area (Å²) in [5.41, 5.74) is 2.06. The molecule has 2 rings (SSSR count). The van der Waals surface area contributed by atoms with E-state index in [1.165, 1.54) is 32.2 Å². The van der Waals surface area contributed by atoms with E-state index in [4.69, 9.17) is 9.47 Å². The minimum atomic E-state index is -0.987. The van der Waals surface area contributed by atoms with Crippen LogP contribution in [0.4, 0.5) is 0 Å². The van der Waals surface area contributed by atoms with Crippen molar-refractivity contribution < 1.29 is 24.2 Å². The fourth-order valence-electron chi connectivity index (χ4n) is 2.13. The second kappa shape index (κ2) is 8.19. The van der Waals surface area contributed by atoms with Crippen molar-refractivity contribution in [3.63, 3.8) is 0 Å². The zero-order valence-corrected chi connectivity index (χ0v) is 14.4. The summed E-state index contributed by atoms with van der Waals surface area (Å²) in [5.74, 6) is -1.05. The van der Waals surface area contributed by atoms with Crippen LogP contribution in [0.2, 0.25) is 0 Å². The van der Waals surface area contributed by atoms with E-state index < -0.39 is 18.0 Å². The number of aryl methyl sites for hydroxylation is 1. The second-order valence-electron chi connectivity index (χ2n) is 5.63. The Kier molecular flexibility index (Phi) is 6.00. The van der Waals surface area contributed by atoms with Crippen LogP contribution < -0.4 is 10.1 Å². The van der Waals surface area contributed by atoms with Gasteiger partial charge in [0.1, 0.15) is 17.1 Å². The molecule has 0 unspecified atom stereocenters. The van der Waals surface area contributed by atoms with E-state index in [0.717, 1.165) is 11.1 Å². The molecule has 0 saturated heterocycles. The molecule has 6 nitrogen and oxygen atoms in total. The van der Waals surface area contributed by atoms with Gasteiger partial charge in [-0.1, -0.05) is 29.8 Å². The molecule has 0 aliphatic heterocycles. The summed E-state index contributed by atoms with van der Waals surface area (Å²) in [4.78, 5) is 24.2. The third-order valence-corrected chi connectivity index (χ3v) is 3.67. The molecule has 0 aliphatic rings. The van der Waals surface area contributed by atoms with Gasteiger partial charge in [0.05, 0.1) is 7.11 Å². The van der Waals surface area contributed by atoms with Crippen molar-refractivity contribution in [2.24, 2.45) is 0 Å². The van der Waals surface area contributed by atoms with Crippen LogP contribution in [0.3, 0.4) is 0 Å². The number of ether oxygens (including phenoxy) is 2. The topological polar surface area (TPSA) is 84.9 Å². The number of hydrogen-bond acceptors (Lipinski definition) is 5. The molecular weight excluding hydrogens is 322 g/mol. The van der Waals surface area contributed by atoms with Crippen LogP contribution in [0.15, 0.2) is 42.5 Å². The molecule has 2 aromatic rings. The van der Waals surface area contributed by atoms with Gasteiger partial charge in [-0.05, 0) is 31.5 Å². The summed E-state index contributed by atoms with van der Waals surface area (Å²) < 4.78 is 10.1. The third-order valence-electron chi connectivity index (χ3n) is 3.67. The first-order valence-corrected chi connectivity index (χ1v) is 7.82. The van der Waals surface area contributed by atoms with Crippen LogP contribution in [0.1, 0.15) is 28.4 Å². The van der Waals surface area contributed by atoms with Crippen LogP contribution in [0.25, 0.3) is 0 Å². The number of nitrogens with one attached hydrogen (secondary N) is 1. The minimum absolute atomic E-state index is 0.0287. The molecule has 0 aliphatic carbocycles. The summed E-state index contributed by atoms with van der Waals surface area (Å²) in [6.45, 7) is 3.80. The Morgan fingerprint density at radius 2 is 1.84 bits per heavy atom. The molecule has 6 heteroatoms. The summed E-state index contributed by atoms with van der Waals surface area (Å²) in [7, 11) is 1.45. The Labute approximate surface area is 146 Å². The Balaban J connectivity index is 1.91. The summed E-state index contributed by atoms with van der Waals surface area (Å²) in [5, 5.41) is 12.5. The van der Waals surface area contributed by atoms with Crippen molar-refractivity contribution in [1.29, 1.82) is 0 Å². The maximum Gasteiger partial charge on any atom is 0.342 e. The van der Waals surface area contributed by atoms with E-state index >= 15 is 0 Å². The maximum absolute atomic E-state index is 12.1. The molecule has 0 radical (unpaired) electrons. The van der Waals surface area contributed by atoms with Gasteiger partial charge in [-0.3, -0.25) is 4.79 Å². The van der Waals surface area contributed by atoms with E-state index in [1.807, 2.05) is 31.2 Å². The van der Waals surface area contributed by atoms with Gasteiger partial charge in [-0.15, -0.1) is 0 Å². The highest BCUT2D eigenvalue weighted by atomic mass is 16.5. The Hall–Kier alpha value is -3.02. The van der Waals surface area contributed by atoms with Gasteiger partial charge in [0, 0.05) is 12.6 Å². The van der Waals surface area contributed by atoms with Gasteiger partial charge in [-0.25, -0.2) is 4.79 Å². The molecule has 1 amide bonds. The molecule has 132 valence electrons. The lowest BCUT2D eigenvalue weighted by Gasteiger charge is -2.14. The van der Waals surface area contributed by atoms with Gasteiger partial charge >= 0.3 is 5.97 Å². The van der Waals surface area contributed by atoms with Crippen LogP contribution in [0.5, 0.6) is 11.5 Å². The first-order valence-electron chi connectivity index (χ1n) is 7.82. The molecule has 0 spiro atoms. The summed E-state index contributed by atoms with van der Waals surface area (Å²) >= 11 is 0. The number of hydrogen-bond donors (Lipinski definition) is 2. The van der Waals surface area contributed by atoms with Gasteiger partial charge in [0.2, 0.25) is 0 Å².